The van der Waals surface area contributed by atoms with Gasteiger partial charge in [-0.05, 0) is 30.3 Å². The van der Waals surface area contributed by atoms with Crippen LogP contribution in [0.3, 0.4) is 0 Å². The highest BCUT2D eigenvalue weighted by molar-refractivity contribution is 7.89. The second kappa shape index (κ2) is 11.5. The van der Waals surface area contributed by atoms with Gasteiger partial charge in [-0.15, -0.1) is 0 Å². The average Bonchev–Trinajstić information content (AvgIpc) is 2.82. The fourth-order valence-corrected chi connectivity index (χ4v) is 4.63. The van der Waals surface area contributed by atoms with Crippen molar-refractivity contribution < 1.29 is 32.3 Å². The Morgan fingerprint density at radius 1 is 1.03 bits per heavy atom. The molecule has 3 rings (SSSR count). The minimum Gasteiger partial charge on any atom is -0.486 e. The van der Waals surface area contributed by atoms with Gasteiger partial charge in [0.2, 0.25) is 10.0 Å². The van der Waals surface area contributed by atoms with Crippen LogP contribution in [0.4, 0.5) is 11.4 Å². The minimum absolute atomic E-state index is 0.0729. The van der Waals surface area contributed by atoms with Crippen molar-refractivity contribution >= 4 is 39.4 Å². The van der Waals surface area contributed by atoms with Crippen LogP contribution in [0.25, 0.3) is 0 Å². The van der Waals surface area contributed by atoms with Gasteiger partial charge >= 0.3 is 0 Å². The Morgan fingerprint density at radius 3 is 2.47 bits per heavy atom. The van der Waals surface area contributed by atoms with Gasteiger partial charge in [0.15, 0.2) is 18.1 Å². The van der Waals surface area contributed by atoms with Gasteiger partial charge in [-0.2, -0.15) is 4.31 Å². The number of nitrogens with zero attached hydrogens (tertiary/aromatic N) is 2. The number of carbonyl (C=O) groups is 2. The van der Waals surface area contributed by atoms with E-state index >= 15 is 0 Å². The zero-order valence-corrected chi connectivity index (χ0v) is 19.6. The maximum Gasteiger partial charge on any atom is 0.270 e. The molecule has 0 atom stereocenters. The summed E-state index contributed by atoms with van der Waals surface area (Å²) in [7, 11) is -3.65. The number of hydrogen-bond acceptors (Lipinski definition) is 8. The topological polar surface area (TPSA) is 136 Å². The van der Waals surface area contributed by atoms with Crippen molar-refractivity contribution in [3.05, 3.63) is 42.5 Å². The summed E-state index contributed by atoms with van der Waals surface area (Å²) in [6.07, 6.45) is 0.890. The van der Waals surface area contributed by atoms with Gasteiger partial charge in [0, 0.05) is 30.5 Å². The lowest BCUT2D eigenvalue weighted by Crippen LogP contribution is -2.30. The number of oxime groups is 1. The third kappa shape index (κ3) is 6.45. The molecule has 0 radical (unpaired) electrons. The molecule has 0 fully saturated rings. The van der Waals surface area contributed by atoms with Crippen molar-refractivity contribution in [3.8, 4) is 11.5 Å². The predicted molar refractivity (Wildman–Crippen MR) is 126 cm³/mol. The summed E-state index contributed by atoms with van der Waals surface area (Å²) in [5, 5.41) is 8.62. The maximum atomic E-state index is 12.6. The third-order valence-electron chi connectivity index (χ3n) is 4.71. The van der Waals surface area contributed by atoms with E-state index in [9.17, 15) is 18.0 Å². The molecular formula is C22H26N4O7S. The number of hydrogen-bond donors (Lipinski definition) is 2. The molecule has 2 amide bonds. The Balaban J connectivity index is 1.48. The first-order valence-electron chi connectivity index (χ1n) is 10.6. The standard InChI is InChI=1S/C22H26N4O7S/c1-3-26(4-2)34(29,30)18-7-5-6-16(12-18)25-22(28)15-33-23-14-21(27)24-17-8-9-19-20(13-17)32-11-10-31-19/h5-9,12-14H,3-4,10-11,15H2,1-2H3,(H,24,27)(H,25,28)/b23-14+. The van der Waals surface area contributed by atoms with Crippen LogP contribution in [-0.4, -0.2) is 63.7 Å². The van der Waals surface area contributed by atoms with Crippen molar-refractivity contribution in [3.63, 3.8) is 0 Å². The van der Waals surface area contributed by atoms with Gasteiger partial charge in [0.05, 0.1) is 4.90 Å². The number of anilines is 2. The van der Waals surface area contributed by atoms with Crippen LogP contribution in [0.2, 0.25) is 0 Å². The van der Waals surface area contributed by atoms with Crippen molar-refractivity contribution in [1.29, 1.82) is 0 Å². The van der Waals surface area contributed by atoms with E-state index in [4.69, 9.17) is 14.3 Å². The number of rotatable bonds is 10. The summed E-state index contributed by atoms with van der Waals surface area (Å²) in [4.78, 5) is 29.0. The summed E-state index contributed by atoms with van der Waals surface area (Å²) in [6, 6.07) is 10.9. The number of ether oxygens (including phenoxy) is 2. The number of fused-ring (bicyclic) bond motifs is 1. The molecule has 2 aromatic carbocycles. The maximum absolute atomic E-state index is 12.6. The van der Waals surface area contributed by atoms with Gasteiger partial charge in [0.1, 0.15) is 19.4 Å². The molecular weight excluding hydrogens is 464 g/mol. The first-order valence-corrected chi connectivity index (χ1v) is 12.0. The first-order chi connectivity index (χ1) is 16.3. The normalized spacial score (nSPS) is 13.0. The summed E-state index contributed by atoms with van der Waals surface area (Å²) in [5.41, 5.74) is 0.778. The Kier molecular flexibility index (Phi) is 8.44. The largest absolute Gasteiger partial charge is 0.486 e. The van der Waals surface area contributed by atoms with Gasteiger partial charge in [-0.25, -0.2) is 8.42 Å². The van der Waals surface area contributed by atoms with Crippen LogP contribution in [0.5, 0.6) is 11.5 Å². The summed E-state index contributed by atoms with van der Waals surface area (Å²) in [6.45, 7) is 4.60. The molecule has 12 heteroatoms. The quantitative estimate of drug-likeness (QED) is 0.384. The molecule has 0 unspecified atom stereocenters. The molecule has 34 heavy (non-hydrogen) atoms. The first kappa shape index (κ1) is 25.0. The predicted octanol–water partition coefficient (Wildman–Crippen LogP) is 2.07. The van der Waals surface area contributed by atoms with Gasteiger partial charge in [-0.1, -0.05) is 25.1 Å². The van der Waals surface area contributed by atoms with Gasteiger partial charge in [-0.3, -0.25) is 9.59 Å². The van der Waals surface area contributed by atoms with E-state index in [1.165, 1.54) is 22.5 Å². The lowest BCUT2D eigenvalue weighted by atomic mass is 10.2. The highest BCUT2D eigenvalue weighted by Crippen LogP contribution is 2.32. The Bertz CT molecular complexity index is 1160. The van der Waals surface area contributed by atoms with Crippen molar-refractivity contribution in [2.24, 2.45) is 5.16 Å². The Labute approximate surface area is 197 Å². The van der Waals surface area contributed by atoms with Crippen molar-refractivity contribution in [2.45, 2.75) is 18.7 Å². The monoisotopic (exact) mass is 490 g/mol. The minimum atomic E-state index is -3.65. The average molecular weight is 491 g/mol. The van der Waals surface area contributed by atoms with Crippen LogP contribution in [0.15, 0.2) is 52.5 Å². The smallest absolute Gasteiger partial charge is 0.270 e. The Morgan fingerprint density at radius 2 is 1.74 bits per heavy atom. The number of carbonyl (C=O) groups excluding carboxylic acids is 2. The van der Waals surface area contributed by atoms with E-state index in [0.29, 0.717) is 49.2 Å². The van der Waals surface area contributed by atoms with E-state index in [1.807, 2.05) is 0 Å². The molecule has 11 nitrogen and oxygen atoms in total. The third-order valence-corrected chi connectivity index (χ3v) is 6.76. The number of benzene rings is 2. The summed E-state index contributed by atoms with van der Waals surface area (Å²) >= 11 is 0. The molecule has 0 aromatic heterocycles. The van der Waals surface area contributed by atoms with Crippen LogP contribution in [-0.2, 0) is 24.4 Å². The zero-order valence-electron chi connectivity index (χ0n) is 18.8. The lowest BCUT2D eigenvalue weighted by molar-refractivity contribution is -0.120. The molecule has 1 heterocycles. The highest BCUT2D eigenvalue weighted by Gasteiger charge is 2.22. The highest BCUT2D eigenvalue weighted by atomic mass is 32.2. The second-order valence-corrected chi connectivity index (χ2v) is 8.96. The van der Waals surface area contributed by atoms with Gasteiger partial charge < -0.3 is 24.9 Å². The number of sulfonamides is 1. The SMILES string of the molecule is CCN(CC)S(=O)(=O)c1cccc(NC(=O)CO/N=C/C(=O)Nc2ccc3c(c2)OCCO3)c1. The van der Waals surface area contributed by atoms with Gasteiger partial charge in [0.25, 0.3) is 11.8 Å². The van der Waals surface area contributed by atoms with Crippen LogP contribution >= 0.6 is 0 Å². The molecule has 2 N–H and O–H groups in total. The fourth-order valence-electron chi connectivity index (χ4n) is 3.12. The van der Waals surface area contributed by atoms with Crippen LogP contribution in [0, 0.1) is 0 Å². The van der Waals surface area contributed by atoms with E-state index in [2.05, 4.69) is 15.8 Å². The zero-order chi connectivity index (χ0) is 24.6. The number of nitrogens with one attached hydrogen (secondary N) is 2. The molecule has 1 aliphatic rings. The summed E-state index contributed by atoms with van der Waals surface area (Å²) < 4.78 is 37.4. The Hall–Kier alpha value is -3.64. The molecule has 0 bridgehead atoms. The molecule has 0 saturated heterocycles. The second-order valence-electron chi connectivity index (χ2n) is 7.02. The van der Waals surface area contributed by atoms with E-state index in [1.54, 1.807) is 38.1 Å². The molecule has 0 saturated carbocycles. The number of amides is 2. The fraction of sp³-hybridized carbons (Fsp3) is 0.318. The molecule has 2 aromatic rings. The van der Waals surface area contributed by atoms with E-state index < -0.39 is 28.4 Å². The lowest BCUT2D eigenvalue weighted by Gasteiger charge is -2.18. The van der Waals surface area contributed by atoms with E-state index in [-0.39, 0.29) is 4.90 Å². The van der Waals surface area contributed by atoms with E-state index in [0.717, 1.165) is 6.21 Å². The summed E-state index contributed by atoms with van der Waals surface area (Å²) in [5.74, 6) is -0.000459. The van der Waals surface area contributed by atoms with Crippen molar-refractivity contribution in [1.82, 2.24) is 4.31 Å². The van der Waals surface area contributed by atoms with Crippen LogP contribution < -0.4 is 20.1 Å². The van der Waals surface area contributed by atoms with Crippen molar-refractivity contribution in [2.75, 3.05) is 43.5 Å². The molecule has 182 valence electrons. The van der Waals surface area contributed by atoms with Crippen LogP contribution in [0.1, 0.15) is 13.8 Å². The molecule has 1 aliphatic heterocycles. The molecule has 0 aliphatic carbocycles. The molecule has 0 spiro atoms.